The fraction of sp³-hybridized carbons (Fsp3) is 0.667. The van der Waals surface area contributed by atoms with Gasteiger partial charge in [0.1, 0.15) is 0 Å². The summed E-state index contributed by atoms with van der Waals surface area (Å²) in [5, 5.41) is 2.71. The van der Waals surface area contributed by atoms with Gasteiger partial charge in [-0.15, -0.1) is 0 Å². The van der Waals surface area contributed by atoms with Gasteiger partial charge in [0, 0.05) is 33.9 Å². The van der Waals surface area contributed by atoms with E-state index in [4.69, 9.17) is 13.3 Å². The molecule has 5 nitrogen and oxygen atoms in total. The molecule has 0 radical (unpaired) electrons. The standard InChI is InChI=1S/C9H19NO4Si/c1-5-6-9(11)10-7-8-15(12-2,13-3)14-4/h5-6H,7-8H2,1-4H3,(H,10,11). The summed E-state index contributed by atoms with van der Waals surface area (Å²) < 4.78 is 15.6. The van der Waals surface area contributed by atoms with Crippen molar-refractivity contribution >= 4 is 14.7 Å². The lowest BCUT2D eigenvalue weighted by Crippen LogP contribution is -2.45. The molecule has 0 rings (SSSR count). The topological polar surface area (TPSA) is 56.8 Å². The Hall–Kier alpha value is -0.693. The van der Waals surface area contributed by atoms with Gasteiger partial charge in [0.2, 0.25) is 5.91 Å². The summed E-state index contributed by atoms with van der Waals surface area (Å²) in [5.74, 6) is -0.122. The van der Waals surface area contributed by atoms with Crippen molar-refractivity contribution in [1.29, 1.82) is 0 Å². The van der Waals surface area contributed by atoms with E-state index in [1.165, 1.54) is 6.08 Å². The van der Waals surface area contributed by atoms with Crippen molar-refractivity contribution in [2.24, 2.45) is 0 Å². The number of carbonyl (C=O) groups is 1. The molecule has 0 spiro atoms. The maximum Gasteiger partial charge on any atom is 0.501 e. The van der Waals surface area contributed by atoms with Crippen molar-refractivity contribution in [1.82, 2.24) is 5.32 Å². The highest BCUT2D eigenvalue weighted by molar-refractivity contribution is 6.60. The zero-order valence-corrected chi connectivity index (χ0v) is 10.7. The second-order valence-corrected chi connectivity index (χ2v) is 5.93. The van der Waals surface area contributed by atoms with Crippen molar-refractivity contribution in [3.05, 3.63) is 12.2 Å². The van der Waals surface area contributed by atoms with Gasteiger partial charge in [-0.25, -0.2) is 0 Å². The lowest BCUT2D eigenvalue weighted by Gasteiger charge is -2.24. The molecule has 6 heteroatoms. The molecule has 0 saturated carbocycles. The van der Waals surface area contributed by atoms with Crippen LogP contribution in [-0.4, -0.2) is 42.6 Å². The van der Waals surface area contributed by atoms with E-state index in [9.17, 15) is 4.79 Å². The molecule has 0 bridgehead atoms. The third kappa shape index (κ3) is 5.08. The van der Waals surface area contributed by atoms with Crippen LogP contribution in [0.4, 0.5) is 0 Å². The van der Waals surface area contributed by atoms with E-state index in [-0.39, 0.29) is 5.91 Å². The Balaban J connectivity index is 3.96. The molecule has 0 unspecified atom stereocenters. The van der Waals surface area contributed by atoms with E-state index >= 15 is 0 Å². The predicted octanol–water partition coefficient (Wildman–Crippen LogP) is 0.557. The first-order chi connectivity index (χ1) is 7.14. The average Bonchev–Trinajstić information content (AvgIpc) is 2.25. The third-order valence-corrected chi connectivity index (χ3v) is 4.71. The van der Waals surface area contributed by atoms with Gasteiger partial charge in [0.15, 0.2) is 0 Å². The quantitative estimate of drug-likeness (QED) is 0.515. The van der Waals surface area contributed by atoms with E-state index in [1.807, 2.05) is 0 Å². The van der Waals surface area contributed by atoms with Crippen LogP contribution in [0.1, 0.15) is 6.92 Å². The Bertz CT molecular complexity index is 208. The van der Waals surface area contributed by atoms with Gasteiger partial charge in [-0.3, -0.25) is 4.79 Å². The lowest BCUT2D eigenvalue weighted by molar-refractivity contribution is -0.116. The predicted molar refractivity (Wildman–Crippen MR) is 59.4 cm³/mol. The molecule has 1 amide bonds. The van der Waals surface area contributed by atoms with Crippen LogP contribution in [0.2, 0.25) is 6.04 Å². The molecule has 0 heterocycles. The maximum absolute atomic E-state index is 11.1. The average molecular weight is 233 g/mol. The maximum atomic E-state index is 11.1. The van der Waals surface area contributed by atoms with E-state index < -0.39 is 8.80 Å². The number of allylic oxidation sites excluding steroid dienone is 1. The number of carbonyl (C=O) groups excluding carboxylic acids is 1. The van der Waals surface area contributed by atoms with E-state index in [0.29, 0.717) is 12.6 Å². The third-order valence-electron chi connectivity index (χ3n) is 1.98. The molecule has 0 aliphatic heterocycles. The fourth-order valence-corrected chi connectivity index (χ4v) is 2.65. The second-order valence-electron chi connectivity index (χ2n) is 2.84. The molecular weight excluding hydrogens is 214 g/mol. The van der Waals surface area contributed by atoms with Crippen LogP contribution in [0, 0.1) is 0 Å². The molecule has 0 atom stereocenters. The summed E-state index contributed by atoms with van der Waals surface area (Å²) in [4.78, 5) is 11.1. The normalized spacial score (nSPS) is 12.0. The summed E-state index contributed by atoms with van der Waals surface area (Å²) in [6.07, 6.45) is 3.15. The van der Waals surface area contributed by atoms with Gasteiger partial charge in [-0.1, -0.05) is 6.08 Å². The molecule has 0 saturated heterocycles. The highest BCUT2D eigenvalue weighted by atomic mass is 28.4. The zero-order valence-electron chi connectivity index (χ0n) is 9.70. The van der Waals surface area contributed by atoms with Crippen LogP contribution in [0.25, 0.3) is 0 Å². The molecule has 1 N–H and O–H groups in total. The lowest BCUT2D eigenvalue weighted by atomic mass is 10.5. The van der Waals surface area contributed by atoms with Crippen molar-refractivity contribution in [2.45, 2.75) is 13.0 Å². The highest BCUT2D eigenvalue weighted by Crippen LogP contribution is 2.10. The second kappa shape index (κ2) is 7.58. The first kappa shape index (κ1) is 14.3. The first-order valence-corrected chi connectivity index (χ1v) is 6.63. The Labute approximate surface area is 91.8 Å². The SMILES string of the molecule is CC=CC(=O)NCC[Si](OC)(OC)OC. The van der Waals surface area contributed by atoms with Crippen LogP contribution in [-0.2, 0) is 18.1 Å². The molecule has 0 fully saturated rings. The van der Waals surface area contributed by atoms with Gasteiger partial charge in [0.25, 0.3) is 0 Å². The van der Waals surface area contributed by atoms with Gasteiger partial charge in [0.05, 0.1) is 0 Å². The Morgan fingerprint density at radius 1 is 1.27 bits per heavy atom. The summed E-state index contributed by atoms with van der Waals surface area (Å²) in [7, 11) is 2.10. The van der Waals surface area contributed by atoms with Crippen molar-refractivity contribution in [3.8, 4) is 0 Å². The molecule has 0 aromatic carbocycles. The first-order valence-electron chi connectivity index (χ1n) is 4.70. The summed E-state index contributed by atoms with van der Waals surface area (Å²) >= 11 is 0. The van der Waals surface area contributed by atoms with Crippen molar-refractivity contribution < 1.29 is 18.1 Å². The Kier molecular flexibility index (Phi) is 7.23. The minimum atomic E-state index is -2.55. The molecule has 0 aromatic heterocycles. The van der Waals surface area contributed by atoms with Crippen molar-refractivity contribution in [2.75, 3.05) is 27.9 Å². The van der Waals surface area contributed by atoms with Crippen molar-refractivity contribution in [3.63, 3.8) is 0 Å². The van der Waals surface area contributed by atoms with E-state index in [0.717, 1.165) is 0 Å². The number of rotatable bonds is 7. The Morgan fingerprint density at radius 3 is 2.20 bits per heavy atom. The van der Waals surface area contributed by atoms with Crippen LogP contribution in [0.15, 0.2) is 12.2 Å². The van der Waals surface area contributed by atoms with E-state index in [1.54, 1.807) is 34.3 Å². The number of nitrogens with one attached hydrogen (secondary N) is 1. The summed E-state index contributed by atoms with van der Waals surface area (Å²) in [6, 6.07) is 0.555. The largest absolute Gasteiger partial charge is 0.501 e. The highest BCUT2D eigenvalue weighted by Gasteiger charge is 2.37. The van der Waals surface area contributed by atoms with E-state index in [2.05, 4.69) is 5.32 Å². The molecule has 0 aromatic rings. The molecule has 88 valence electrons. The molecular formula is C9H19NO4Si. The van der Waals surface area contributed by atoms with Crippen LogP contribution in [0.5, 0.6) is 0 Å². The Morgan fingerprint density at radius 2 is 1.80 bits per heavy atom. The molecule has 0 aliphatic carbocycles. The van der Waals surface area contributed by atoms with Crippen LogP contribution < -0.4 is 5.32 Å². The minimum Gasteiger partial charge on any atom is -0.377 e. The van der Waals surface area contributed by atoms with Gasteiger partial charge in [-0.05, 0) is 13.0 Å². The number of hydrogen-bond acceptors (Lipinski definition) is 4. The number of amides is 1. The monoisotopic (exact) mass is 233 g/mol. The van der Waals surface area contributed by atoms with Gasteiger partial charge >= 0.3 is 8.80 Å². The van der Waals surface area contributed by atoms with Crippen LogP contribution in [0.3, 0.4) is 0 Å². The van der Waals surface area contributed by atoms with Gasteiger partial charge in [-0.2, -0.15) is 0 Å². The van der Waals surface area contributed by atoms with Gasteiger partial charge < -0.3 is 18.6 Å². The number of hydrogen-bond donors (Lipinski definition) is 1. The minimum absolute atomic E-state index is 0.122. The molecule has 15 heavy (non-hydrogen) atoms. The van der Waals surface area contributed by atoms with Crippen LogP contribution >= 0.6 is 0 Å². The summed E-state index contributed by atoms with van der Waals surface area (Å²) in [5.41, 5.74) is 0. The smallest absolute Gasteiger partial charge is 0.377 e. The fourth-order valence-electron chi connectivity index (χ4n) is 1.11. The molecule has 0 aliphatic rings. The summed E-state index contributed by atoms with van der Waals surface area (Å²) in [6.45, 7) is 2.27. The zero-order chi connectivity index (χ0) is 11.7.